The molecule has 0 radical (unpaired) electrons. The van der Waals surface area contributed by atoms with Crippen LogP contribution in [0.5, 0.6) is 0 Å². The second-order valence-corrected chi connectivity index (χ2v) is 11.1. The van der Waals surface area contributed by atoms with Crippen LogP contribution in [0.1, 0.15) is 50.2 Å². The highest BCUT2D eigenvalue weighted by Gasteiger charge is 2.44. The van der Waals surface area contributed by atoms with E-state index in [0.717, 1.165) is 0 Å². The molecule has 1 unspecified atom stereocenters. The first-order chi connectivity index (χ1) is 20.3. The lowest BCUT2D eigenvalue weighted by Gasteiger charge is -2.44. The summed E-state index contributed by atoms with van der Waals surface area (Å²) in [6.07, 6.45) is -2.89. The van der Waals surface area contributed by atoms with Crippen LogP contribution in [-0.4, -0.2) is 98.7 Å². The summed E-state index contributed by atoms with van der Waals surface area (Å²) in [5.41, 5.74) is 4.28. The highest BCUT2D eigenvalue weighted by atomic mass is 16.7. The number of hydrogen-bond acceptors (Lipinski definition) is 12. The maximum absolute atomic E-state index is 12.8. The van der Waals surface area contributed by atoms with Crippen LogP contribution in [0.2, 0.25) is 0 Å². The Kier molecular flexibility index (Phi) is 10.3. The molecule has 2 aliphatic heterocycles. The summed E-state index contributed by atoms with van der Waals surface area (Å²) in [5.74, 6) is -1.05. The van der Waals surface area contributed by atoms with Crippen molar-refractivity contribution in [1.82, 2.24) is 14.9 Å². The number of nitrogens with one attached hydrogen (secondary N) is 3. The minimum absolute atomic E-state index is 0.0477. The highest BCUT2D eigenvalue weighted by Crippen LogP contribution is 2.31. The van der Waals surface area contributed by atoms with E-state index in [2.05, 4.69) is 20.9 Å². The standard InChI is InChI=1S/C28H40N6O9/c1-14-18(43-25-23(37)22(36)21(30-4)15(2)42-25)9-10-20(41-14)34-12-11-19(33-27(34)40)32-24(38)16-5-7-17(8-6-16)31-26(39)28(3,29)13-35/h5-8,11-12,14-15,18,20-23,25,30,35-37H,9-10,13,29H2,1-4H3,(H,31,39)(H,32,33,38,40)/t14-,15+,18+,20-,21+,22-,23+,25+,28?/m0/s1. The number of aliphatic hydroxyl groups is 3. The van der Waals surface area contributed by atoms with Gasteiger partial charge in [0.2, 0.25) is 5.91 Å². The summed E-state index contributed by atoms with van der Waals surface area (Å²) < 4.78 is 19.1. The minimum atomic E-state index is -1.45. The summed E-state index contributed by atoms with van der Waals surface area (Å²) in [6.45, 7) is 4.43. The molecule has 15 nitrogen and oxygen atoms in total. The lowest BCUT2D eigenvalue weighted by molar-refractivity contribution is -0.303. The molecule has 2 amide bonds. The topological polar surface area (TPSA) is 220 Å². The SMILES string of the molecule is CN[C@H]1[C@H](O)[C@@H](O)[C@@H](O[C@@H]2CC[C@@H](n3ccc(NC(=O)c4ccc(NC(=O)C(C)(N)CO)cc4)nc3=O)O[C@H]2C)O[C@@H]1C. The van der Waals surface area contributed by atoms with Crippen molar-refractivity contribution in [2.45, 2.75) is 88.2 Å². The fourth-order valence-corrected chi connectivity index (χ4v) is 4.99. The largest absolute Gasteiger partial charge is 0.394 e. The van der Waals surface area contributed by atoms with Crippen LogP contribution in [-0.2, 0) is 19.0 Å². The van der Waals surface area contributed by atoms with Crippen molar-refractivity contribution in [3.63, 3.8) is 0 Å². The molecule has 0 aliphatic carbocycles. The molecule has 43 heavy (non-hydrogen) atoms. The first-order valence-electron chi connectivity index (χ1n) is 14.1. The highest BCUT2D eigenvalue weighted by molar-refractivity contribution is 6.04. The predicted molar refractivity (Wildman–Crippen MR) is 154 cm³/mol. The Hall–Kier alpha value is -3.28. The monoisotopic (exact) mass is 604 g/mol. The van der Waals surface area contributed by atoms with E-state index < -0.39 is 78.7 Å². The zero-order chi connectivity index (χ0) is 31.5. The van der Waals surface area contributed by atoms with E-state index in [0.29, 0.717) is 18.5 Å². The molecule has 8 N–H and O–H groups in total. The van der Waals surface area contributed by atoms with Gasteiger partial charge in [-0.1, -0.05) is 0 Å². The molecule has 2 fully saturated rings. The van der Waals surface area contributed by atoms with Gasteiger partial charge in [0.25, 0.3) is 5.91 Å². The van der Waals surface area contributed by atoms with Crippen molar-refractivity contribution >= 4 is 23.3 Å². The number of benzene rings is 1. The summed E-state index contributed by atoms with van der Waals surface area (Å²) in [6, 6.07) is 7.02. The van der Waals surface area contributed by atoms with Crippen LogP contribution in [0.3, 0.4) is 0 Å². The Balaban J connectivity index is 1.32. The normalized spacial score (nSPS) is 30.7. The number of ether oxygens (including phenoxy) is 3. The fourth-order valence-electron chi connectivity index (χ4n) is 4.99. The van der Waals surface area contributed by atoms with E-state index in [1.165, 1.54) is 48.0 Å². The van der Waals surface area contributed by atoms with Crippen LogP contribution >= 0.6 is 0 Å². The number of carbonyl (C=O) groups excluding carboxylic acids is 2. The number of amides is 2. The Bertz CT molecular complexity index is 1340. The summed E-state index contributed by atoms with van der Waals surface area (Å²) in [4.78, 5) is 41.6. The third-order valence-electron chi connectivity index (χ3n) is 7.72. The number of carbonyl (C=O) groups is 2. The average Bonchev–Trinajstić information content (AvgIpc) is 2.97. The zero-order valence-corrected chi connectivity index (χ0v) is 24.5. The zero-order valence-electron chi connectivity index (χ0n) is 24.5. The second kappa shape index (κ2) is 13.6. The Morgan fingerprint density at radius 1 is 1.09 bits per heavy atom. The van der Waals surface area contributed by atoms with E-state index >= 15 is 0 Å². The van der Waals surface area contributed by atoms with Crippen LogP contribution < -0.4 is 27.4 Å². The van der Waals surface area contributed by atoms with Gasteiger partial charge >= 0.3 is 5.69 Å². The predicted octanol–water partition coefficient (Wildman–Crippen LogP) is -0.719. The molecule has 4 rings (SSSR count). The molecular formula is C28H40N6O9. The molecule has 9 atom stereocenters. The van der Waals surface area contributed by atoms with Crippen LogP contribution in [0.4, 0.5) is 11.5 Å². The number of aromatic nitrogens is 2. The molecular weight excluding hydrogens is 564 g/mol. The first kappa shape index (κ1) is 32.6. The lowest BCUT2D eigenvalue weighted by atomic mass is 9.97. The Labute approximate surface area is 248 Å². The van der Waals surface area contributed by atoms with E-state index in [-0.39, 0.29) is 11.4 Å². The molecule has 1 aromatic carbocycles. The first-order valence-corrected chi connectivity index (χ1v) is 14.1. The van der Waals surface area contributed by atoms with Crippen molar-refractivity contribution in [3.8, 4) is 0 Å². The van der Waals surface area contributed by atoms with E-state index in [1.54, 1.807) is 20.9 Å². The number of aliphatic hydroxyl groups excluding tert-OH is 3. The number of anilines is 2. The van der Waals surface area contributed by atoms with Crippen LogP contribution in [0.25, 0.3) is 0 Å². The number of hydrogen-bond donors (Lipinski definition) is 7. The number of likely N-dealkylation sites (N-methyl/N-ethyl adjacent to an activating group) is 1. The van der Waals surface area contributed by atoms with Crippen molar-refractivity contribution in [1.29, 1.82) is 0 Å². The molecule has 3 heterocycles. The molecule has 2 aliphatic rings. The maximum atomic E-state index is 12.8. The number of nitrogens with zero attached hydrogens (tertiary/aromatic N) is 2. The summed E-state index contributed by atoms with van der Waals surface area (Å²) >= 11 is 0. The van der Waals surface area contributed by atoms with Crippen LogP contribution in [0.15, 0.2) is 41.3 Å². The molecule has 2 aromatic rings. The van der Waals surface area contributed by atoms with Gasteiger partial charge < -0.3 is 51.2 Å². The van der Waals surface area contributed by atoms with Gasteiger partial charge in [0.05, 0.1) is 31.0 Å². The lowest BCUT2D eigenvalue weighted by Crippen LogP contribution is -2.62. The number of rotatable bonds is 9. The summed E-state index contributed by atoms with van der Waals surface area (Å²) in [7, 11) is 1.68. The Morgan fingerprint density at radius 2 is 1.79 bits per heavy atom. The minimum Gasteiger partial charge on any atom is -0.394 e. The maximum Gasteiger partial charge on any atom is 0.351 e. The van der Waals surface area contributed by atoms with Crippen molar-refractivity contribution in [2.24, 2.45) is 5.73 Å². The molecule has 15 heteroatoms. The quantitative estimate of drug-likeness (QED) is 0.189. The van der Waals surface area contributed by atoms with Crippen LogP contribution in [0, 0.1) is 0 Å². The molecule has 1 aromatic heterocycles. The molecule has 0 saturated carbocycles. The van der Waals surface area contributed by atoms with E-state index in [9.17, 15) is 29.7 Å². The average molecular weight is 605 g/mol. The van der Waals surface area contributed by atoms with Gasteiger partial charge in [0.1, 0.15) is 29.8 Å². The van der Waals surface area contributed by atoms with Gasteiger partial charge in [-0.25, -0.2) is 4.79 Å². The third-order valence-corrected chi connectivity index (χ3v) is 7.72. The van der Waals surface area contributed by atoms with E-state index in [1.807, 2.05) is 0 Å². The Morgan fingerprint density at radius 3 is 2.40 bits per heavy atom. The van der Waals surface area contributed by atoms with Gasteiger partial charge in [0, 0.05) is 17.4 Å². The second-order valence-electron chi connectivity index (χ2n) is 11.1. The van der Waals surface area contributed by atoms with Gasteiger partial charge in [-0.05, 0) is 71.0 Å². The summed E-state index contributed by atoms with van der Waals surface area (Å²) in [5, 5.41) is 38.2. The fraction of sp³-hybridized carbons (Fsp3) is 0.571. The smallest absolute Gasteiger partial charge is 0.351 e. The molecule has 2 saturated heterocycles. The molecule has 236 valence electrons. The van der Waals surface area contributed by atoms with Gasteiger partial charge in [-0.15, -0.1) is 0 Å². The van der Waals surface area contributed by atoms with Crippen molar-refractivity contribution in [2.75, 3.05) is 24.3 Å². The number of nitrogens with two attached hydrogens (primary N) is 1. The van der Waals surface area contributed by atoms with Gasteiger partial charge in [-0.2, -0.15) is 4.98 Å². The van der Waals surface area contributed by atoms with E-state index in [4.69, 9.17) is 19.9 Å². The van der Waals surface area contributed by atoms with Crippen molar-refractivity contribution in [3.05, 3.63) is 52.6 Å². The van der Waals surface area contributed by atoms with Gasteiger partial charge in [-0.3, -0.25) is 14.2 Å². The molecule has 0 spiro atoms. The molecule has 0 bridgehead atoms. The third kappa shape index (κ3) is 7.45. The van der Waals surface area contributed by atoms with Crippen molar-refractivity contribution < 1.29 is 39.1 Å². The van der Waals surface area contributed by atoms with Gasteiger partial charge in [0.15, 0.2) is 6.29 Å².